The lowest BCUT2D eigenvalue weighted by Gasteiger charge is -2.42. The molecular weight excluding hydrogens is 234 g/mol. The Morgan fingerprint density at radius 1 is 1.00 bits per heavy atom. The van der Waals surface area contributed by atoms with E-state index in [1.54, 1.807) is 0 Å². The molecule has 2 heteroatoms. The molecule has 1 saturated heterocycles. The fourth-order valence-electron chi connectivity index (χ4n) is 2.70. The second kappa shape index (κ2) is 4.71. The zero-order valence-corrected chi connectivity index (χ0v) is 11.4. The minimum absolute atomic E-state index is 0.0400. The number of hydrogen-bond acceptors (Lipinski definition) is 2. The second-order valence-corrected chi connectivity index (χ2v) is 5.27. The summed E-state index contributed by atoms with van der Waals surface area (Å²) in [6, 6.07) is 17.4. The Hall–Kier alpha value is -1.80. The van der Waals surface area contributed by atoms with E-state index in [1.165, 1.54) is 16.7 Å². The van der Waals surface area contributed by atoms with Crippen LogP contribution in [0.15, 0.2) is 48.5 Å². The van der Waals surface area contributed by atoms with Crippen molar-refractivity contribution < 1.29 is 4.74 Å². The second-order valence-electron chi connectivity index (χ2n) is 5.27. The third-order valence-electron chi connectivity index (χ3n) is 3.99. The number of hydrogen-bond donors (Lipinski definition) is 1. The molecule has 0 saturated carbocycles. The Morgan fingerprint density at radius 3 is 2.26 bits per heavy atom. The van der Waals surface area contributed by atoms with Crippen molar-refractivity contribution in [2.75, 3.05) is 25.6 Å². The zero-order chi connectivity index (χ0) is 13.3. The van der Waals surface area contributed by atoms with Gasteiger partial charge in [-0.3, -0.25) is 0 Å². The summed E-state index contributed by atoms with van der Waals surface area (Å²) in [5.74, 6) is 0. The maximum atomic E-state index is 5.53. The molecule has 1 aliphatic rings. The number of anilines is 1. The number of rotatable bonds is 3. The Bertz CT molecular complexity index is 570. The van der Waals surface area contributed by atoms with Gasteiger partial charge in [-0.1, -0.05) is 42.0 Å². The predicted molar refractivity (Wildman–Crippen MR) is 78.8 cm³/mol. The van der Waals surface area contributed by atoms with Gasteiger partial charge >= 0.3 is 0 Å². The first-order valence-electron chi connectivity index (χ1n) is 6.68. The van der Waals surface area contributed by atoms with E-state index in [4.69, 9.17) is 4.74 Å². The first-order chi connectivity index (χ1) is 9.24. The molecule has 0 aromatic heterocycles. The molecule has 1 fully saturated rings. The minimum Gasteiger partial charge on any atom is -0.388 e. The van der Waals surface area contributed by atoms with Crippen molar-refractivity contribution in [3.05, 3.63) is 65.2 Å². The molecule has 2 aromatic rings. The molecule has 1 N–H and O–H groups in total. The first-order valence-corrected chi connectivity index (χ1v) is 6.68. The highest BCUT2D eigenvalue weighted by Crippen LogP contribution is 2.39. The van der Waals surface area contributed by atoms with Crippen LogP contribution in [0.4, 0.5) is 5.69 Å². The number of ether oxygens (including phenoxy) is 1. The van der Waals surface area contributed by atoms with Crippen molar-refractivity contribution >= 4 is 5.69 Å². The van der Waals surface area contributed by atoms with Crippen LogP contribution in [0.2, 0.25) is 0 Å². The van der Waals surface area contributed by atoms with Gasteiger partial charge in [-0.15, -0.1) is 0 Å². The number of benzene rings is 2. The smallest absolute Gasteiger partial charge is 0.0669 e. The molecule has 0 atom stereocenters. The number of nitrogens with one attached hydrogen (secondary N) is 1. The highest BCUT2D eigenvalue weighted by molar-refractivity contribution is 5.49. The number of aryl methyl sites for hydroxylation is 1. The fraction of sp³-hybridized carbons (Fsp3) is 0.294. The van der Waals surface area contributed by atoms with E-state index in [9.17, 15) is 0 Å². The molecule has 98 valence electrons. The predicted octanol–water partition coefficient (Wildman–Crippen LogP) is 3.35. The normalized spacial score (nSPS) is 16.7. The molecule has 0 amide bonds. The molecule has 2 aromatic carbocycles. The molecule has 3 rings (SSSR count). The Balaban J connectivity index is 2.02. The highest BCUT2D eigenvalue weighted by Gasteiger charge is 2.41. The lowest BCUT2D eigenvalue weighted by Crippen LogP contribution is -2.47. The lowest BCUT2D eigenvalue weighted by atomic mass is 9.72. The minimum atomic E-state index is 0.0400. The quantitative estimate of drug-likeness (QED) is 0.905. The van der Waals surface area contributed by atoms with Gasteiger partial charge in [0.15, 0.2) is 0 Å². The maximum Gasteiger partial charge on any atom is 0.0669 e. The average Bonchev–Trinajstić information content (AvgIpc) is 2.38. The standard InChI is InChI=1S/C17H19NO/c1-13-4-3-5-15(10-13)17(11-19-12-17)14-6-8-16(18-2)9-7-14/h3-10,18H,11-12H2,1-2H3. The SMILES string of the molecule is CNc1ccc(C2(c3cccc(C)c3)COC2)cc1. The summed E-state index contributed by atoms with van der Waals surface area (Å²) in [5.41, 5.74) is 5.18. The van der Waals surface area contributed by atoms with Crippen molar-refractivity contribution in [3.63, 3.8) is 0 Å². The van der Waals surface area contributed by atoms with Gasteiger partial charge in [0.2, 0.25) is 0 Å². The molecular formula is C17H19NO. The lowest BCUT2D eigenvalue weighted by molar-refractivity contribution is -0.0380. The van der Waals surface area contributed by atoms with Crippen LogP contribution < -0.4 is 5.32 Å². The molecule has 0 bridgehead atoms. The summed E-state index contributed by atoms with van der Waals surface area (Å²) in [6.45, 7) is 3.69. The molecule has 0 aliphatic carbocycles. The van der Waals surface area contributed by atoms with Gasteiger partial charge in [-0.05, 0) is 30.2 Å². The van der Waals surface area contributed by atoms with Gasteiger partial charge in [0.25, 0.3) is 0 Å². The molecule has 0 unspecified atom stereocenters. The van der Waals surface area contributed by atoms with E-state index in [2.05, 4.69) is 60.8 Å². The summed E-state index contributed by atoms with van der Waals surface area (Å²) in [7, 11) is 1.94. The van der Waals surface area contributed by atoms with E-state index in [0.29, 0.717) is 0 Å². The van der Waals surface area contributed by atoms with Crippen molar-refractivity contribution in [1.82, 2.24) is 0 Å². The third kappa shape index (κ3) is 2.02. The monoisotopic (exact) mass is 253 g/mol. The van der Waals surface area contributed by atoms with E-state index in [0.717, 1.165) is 18.9 Å². The van der Waals surface area contributed by atoms with Gasteiger partial charge in [-0.2, -0.15) is 0 Å². The van der Waals surface area contributed by atoms with Gasteiger partial charge in [0, 0.05) is 12.7 Å². The Kier molecular flexibility index (Phi) is 3.03. The maximum absolute atomic E-state index is 5.53. The fourth-order valence-corrected chi connectivity index (χ4v) is 2.70. The average molecular weight is 253 g/mol. The van der Waals surface area contributed by atoms with Crippen LogP contribution in [0.3, 0.4) is 0 Å². The topological polar surface area (TPSA) is 21.3 Å². The summed E-state index contributed by atoms with van der Waals surface area (Å²) in [5, 5.41) is 3.16. The third-order valence-corrected chi connectivity index (χ3v) is 3.99. The summed E-state index contributed by atoms with van der Waals surface area (Å²) >= 11 is 0. The molecule has 2 nitrogen and oxygen atoms in total. The van der Waals surface area contributed by atoms with Crippen LogP contribution in [-0.4, -0.2) is 20.3 Å². The van der Waals surface area contributed by atoms with E-state index in [1.807, 2.05) is 7.05 Å². The summed E-state index contributed by atoms with van der Waals surface area (Å²) in [4.78, 5) is 0. The van der Waals surface area contributed by atoms with Crippen molar-refractivity contribution in [3.8, 4) is 0 Å². The van der Waals surface area contributed by atoms with Crippen molar-refractivity contribution in [1.29, 1.82) is 0 Å². The van der Waals surface area contributed by atoms with Gasteiger partial charge in [0.05, 0.1) is 18.6 Å². The van der Waals surface area contributed by atoms with Crippen molar-refractivity contribution in [2.45, 2.75) is 12.3 Å². The summed E-state index contributed by atoms with van der Waals surface area (Å²) < 4.78 is 5.53. The molecule has 0 radical (unpaired) electrons. The van der Waals surface area contributed by atoms with Gasteiger partial charge in [-0.25, -0.2) is 0 Å². The molecule has 1 heterocycles. The van der Waals surface area contributed by atoms with E-state index >= 15 is 0 Å². The first kappa shape index (κ1) is 12.2. The van der Waals surface area contributed by atoms with Crippen LogP contribution in [0.5, 0.6) is 0 Å². The molecule has 1 aliphatic heterocycles. The zero-order valence-electron chi connectivity index (χ0n) is 11.4. The van der Waals surface area contributed by atoms with Crippen molar-refractivity contribution in [2.24, 2.45) is 0 Å². The summed E-state index contributed by atoms with van der Waals surface area (Å²) in [6.07, 6.45) is 0. The van der Waals surface area contributed by atoms with Gasteiger partial charge < -0.3 is 10.1 Å². The van der Waals surface area contributed by atoms with Crippen LogP contribution in [-0.2, 0) is 10.2 Å². The Labute approximate surface area is 114 Å². The van der Waals surface area contributed by atoms with Gasteiger partial charge in [0.1, 0.15) is 0 Å². The molecule has 19 heavy (non-hydrogen) atoms. The van der Waals surface area contributed by atoms with Crippen LogP contribution in [0.1, 0.15) is 16.7 Å². The van der Waals surface area contributed by atoms with E-state index in [-0.39, 0.29) is 5.41 Å². The highest BCUT2D eigenvalue weighted by atomic mass is 16.5. The van der Waals surface area contributed by atoms with Crippen LogP contribution in [0.25, 0.3) is 0 Å². The Morgan fingerprint density at radius 2 is 1.74 bits per heavy atom. The van der Waals surface area contributed by atoms with Crippen LogP contribution in [0, 0.1) is 6.92 Å². The van der Waals surface area contributed by atoms with Crippen LogP contribution >= 0.6 is 0 Å². The van der Waals surface area contributed by atoms with E-state index < -0.39 is 0 Å². The largest absolute Gasteiger partial charge is 0.388 e. The molecule has 0 spiro atoms.